The van der Waals surface area contributed by atoms with Crippen molar-refractivity contribution >= 4 is 11.6 Å². The Morgan fingerprint density at radius 2 is 2.05 bits per heavy atom. The van der Waals surface area contributed by atoms with Gasteiger partial charge in [0.05, 0.1) is 0 Å². The molecule has 0 aliphatic carbocycles. The second-order valence-corrected chi connectivity index (χ2v) is 5.06. The van der Waals surface area contributed by atoms with E-state index in [9.17, 15) is 4.79 Å². The summed E-state index contributed by atoms with van der Waals surface area (Å²) in [7, 11) is 0. The maximum Gasteiger partial charge on any atom is 0.222 e. The van der Waals surface area contributed by atoms with Crippen molar-refractivity contribution in [2.75, 3.05) is 11.9 Å². The van der Waals surface area contributed by atoms with Crippen molar-refractivity contribution in [2.24, 2.45) is 0 Å². The van der Waals surface area contributed by atoms with Gasteiger partial charge in [-0.3, -0.25) is 9.78 Å². The van der Waals surface area contributed by atoms with Crippen LogP contribution >= 0.6 is 0 Å². The summed E-state index contributed by atoms with van der Waals surface area (Å²) in [5.41, 5.74) is 4.58. The third kappa shape index (κ3) is 4.60. The van der Waals surface area contributed by atoms with E-state index in [1.807, 2.05) is 24.3 Å². The van der Waals surface area contributed by atoms with Crippen LogP contribution in [0.2, 0.25) is 0 Å². The molecule has 0 radical (unpaired) electrons. The Hall–Kier alpha value is -2.36. The average molecular weight is 283 g/mol. The van der Waals surface area contributed by atoms with Crippen LogP contribution in [-0.4, -0.2) is 17.4 Å². The van der Waals surface area contributed by atoms with Crippen molar-refractivity contribution in [3.8, 4) is 0 Å². The molecule has 2 N–H and O–H groups in total. The number of hydrogen-bond donors (Lipinski definition) is 2. The van der Waals surface area contributed by atoms with Crippen LogP contribution in [0.15, 0.2) is 42.7 Å². The van der Waals surface area contributed by atoms with Crippen LogP contribution in [0, 0.1) is 13.8 Å². The molecule has 1 heterocycles. The molecule has 2 rings (SSSR count). The van der Waals surface area contributed by atoms with Gasteiger partial charge in [0.2, 0.25) is 5.91 Å². The van der Waals surface area contributed by atoms with Gasteiger partial charge >= 0.3 is 0 Å². The van der Waals surface area contributed by atoms with E-state index in [0.717, 1.165) is 11.3 Å². The Labute approximate surface area is 125 Å². The summed E-state index contributed by atoms with van der Waals surface area (Å²) in [5, 5.41) is 6.20. The summed E-state index contributed by atoms with van der Waals surface area (Å²) in [5.74, 6) is 0.0386. The monoisotopic (exact) mass is 283 g/mol. The van der Waals surface area contributed by atoms with Gasteiger partial charge in [-0.2, -0.15) is 0 Å². The van der Waals surface area contributed by atoms with Gasteiger partial charge in [-0.1, -0.05) is 18.2 Å². The Bertz CT molecular complexity index is 596. The fourth-order valence-electron chi connectivity index (χ4n) is 2.05. The first-order valence-electron chi connectivity index (χ1n) is 7.12. The number of aromatic nitrogens is 1. The van der Waals surface area contributed by atoms with Crippen molar-refractivity contribution in [3.63, 3.8) is 0 Å². The number of carbonyl (C=O) groups excluding carboxylic acids is 1. The third-order valence-corrected chi connectivity index (χ3v) is 3.48. The van der Waals surface area contributed by atoms with Crippen LogP contribution in [0.25, 0.3) is 0 Å². The van der Waals surface area contributed by atoms with Crippen LogP contribution in [0.1, 0.15) is 23.1 Å². The van der Waals surface area contributed by atoms with E-state index in [1.54, 1.807) is 12.4 Å². The zero-order valence-electron chi connectivity index (χ0n) is 12.5. The highest BCUT2D eigenvalue weighted by Gasteiger charge is 2.03. The van der Waals surface area contributed by atoms with Crippen LogP contribution in [0.3, 0.4) is 0 Å². The molecule has 4 nitrogen and oxygen atoms in total. The summed E-state index contributed by atoms with van der Waals surface area (Å²) in [4.78, 5) is 15.8. The van der Waals surface area contributed by atoms with E-state index in [-0.39, 0.29) is 5.91 Å². The van der Waals surface area contributed by atoms with Gasteiger partial charge in [0.1, 0.15) is 0 Å². The minimum absolute atomic E-state index is 0.0386. The lowest BCUT2D eigenvalue weighted by Gasteiger charge is -2.11. The summed E-state index contributed by atoms with van der Waals surface area (Å²) in [6.07, 6.45) is 3.93. The second-order valence-electron chi connectivity index (χ2n) is 5.06. The molecule has 4 heteroatoms. The standard InChI is InChI=1S/C17H21N3O/c1-13-5-3-7-16(14(13)2)19-10-8-17(21)20-12-15-6-4-9-18-11-15/h3-7,9,11,19H,8,10,12H2,1-2H3,(H,20,21). The fraction of sp³-hybridized carbons (Fsp3) is 0.294. The lowest BCUT2D eigenvalue weighted by atomic mass is 10.1. The van der Waals surface area contributed by atoms with Crippen LogP contribution in [0.5, 0.6) is 0 Å². The van der Waals surface area contributed by atoms with Gasteiger partial charge < -0.3 is 10.6 Å². The molecule has 0 atom stereocenters. The van der Waals surface area contributed by atoms with Gasteiger partial charge in [0.25, 0.3) is 0 Å². The highest BCUT2D eigenvalue weighted by atomic mass is 16.1. The maximum atomic E-state index is 11.8. The lowest BCUT2D eigenvalue weighted by molar-refractivity contribution is -0.121. The van der Waals surface area contributed by atoms with Gasteiger partial charge in [-0.05, 0) is 42.7 Å². The summed E-state index contributed by atoms with van der Waals surface area (Å²) in [6, 6.07) is 9.95. The number of rotatable bonds is 6. The predicted octanol–water partition coefficient (Wildman–Crippen LogP) is 2.82. The molecule has 1 amide bonds. The topological polar surface area (TPSA) is 54.0 Å². The van der Waals surface area contributed by atoms with Crippen molar-refractivity contribution in [3.05, 3.63) is 59.4 Å². The van der Waals surface area contributed by atoms with E-state index >= 15 is 0 Å². The Kier molecular flexibility index (Phi) is 5.32. The number of aryl methyl sites for hydroxylation is 1. The zero-order chi connectivity index (χ0) is 15.1. The minimum atomic E-state index is 0.0386. The van der Waals surface area contributed by atoms with Gasteiger partial charge in [0, 0.05) is 37.6 Å². The average Bonchev–Trinajstić information content (AvgIpc) is 2.50. The molecule has 0 saturated heterocycles. The first-order valence-corrected chi connectivity index (χ1v) is 7.12. The third-order valence-electron chi connectivity index (χ3n) is 3.48. The van der Waals surface area contributed by atoms with Crippen LogP contribution < -0.4 is 10.6 Å². The van der Waals surface area contributed by atoms with Crippen molar-refractivity contribution < 1.29 is 4.79 Å². The van der Waals surface area contributed by atoms with E-state index in [0.29, 0.717) is 19.5 Å². The summed E-state index contributed by atoms with van der Waals surface area (Å²) < 4.78 is 0. The number of nitrogens with zero attached hydrogens (tertiary/aromatic N) is 1. The summed E-state index contributed by atoms with van der Waals surface area (Å²) in [6.45, 7) is 5.32. The number of benzene rings is 1. The number of amides is 1. The molecule has 1 aromatic carbocycles. The Morgan fingerprint density at radius 3 is 2.81 bits per heavy atom. The highest BCUT2D eigenvalue weighted by Crippen LogP contribution is 2.17. The smallest absolute Gasteiger partial charge is 0.222 e. The number of hydrogen-bond acceptors (Lipinski definition) is 3. The Morgan fingerprint density at radius 1 is 1.19 bits per heavy atom. The highest BCUT2D eigenvalue weighted by molar-refractivity contribution is 5.76. The lowest BCUT2D eigenvalue weighted by Crippen LogP contribution is -2.25. The molecule has 0 spiro atoms. The van der Waals surface area contributed by atoms with E-state index in [1.165, 1.54) is 11.1 Å². The quantitative estimate of drug-likeness (QED) is 0.857. The minimum Gasteiger partial charge on any atom is -0.384 e. The molecule has 110 valence electrons. The molecule has 0 aliphatic rings. The number of carbonyl (C=O) groups is 1. The molecule has 0 unspecified atom stereocenters. The molecule has 0 saturated carbocycles. The second kappa shape index (κ2) is 7.43. The first kappa shape index (κ1) is 15.0. The summed E-state index contributed by atoms with van der Waals surface area (Å²) >= 11 is 0. The van der Waals surface area contributed by atoms with Crippen LogP contribution in [-0.2, 0) is 11.3 Å². The van der Waals surface area contributed by atoms with E-state index < -0.39 is 0 Å². The molecule has 1 aromatic heterocycles. The molecule has 21 heavy (non-hydrogen) atoms. The largest absolute Gasteiger partial charge is 0.384 e. The maximum absolute atomic E-state index is 11.8. The molecule has 0 bridgehead atoms. The Balaban J connectivity index is 1.73. The fourth-order valence-corrected chi connectivity index (χ4v) is 2.05. The number of nitrogens with one attached hydrogen (secondary N) is 2. The van der Waals surface area contributed by atoms with Gasteiger partial charge in [0.15, 0.2) is 0 Å². The van der Waals surface area contributed by atoms with E-state index in [2.05, 4.69) is 35.5 Å². The van der Waals surface area contributed by atoms with Crippen molar-refractivity contribution in [2.45, 2.75) is 26.8 Å². The predicted molar refractivity (Wildman–Crippen MR) is 85.1 cm³/mol. The van der Waals surface area contributed by atoms with Gasteiger partial charge in [-0.15, -0.1) is 0 Å². The zero-order valence-corrected chi connectivity index (χ0v) is 12.5. The van der Waals surface area contributed by atoms with Gasteiger partial charge in [-0.25, -0.2) is 0 Å². The number of pyridine rings is 1. The molecule has 2 aromatic rings. The normalized spacial score (nSPS) is 10.2. The molecule has 0 aliphatic heterocycles. The van der Waals surface area contributed by atoms with Crippen LogP contribution in [0.4, 0.5) is 5.69 Å². The first-order chi connectivity index (χ1) is 10.2. The molecule has 0 fully saturated rings. The van der Waals surface area contributed by atoms with E-state index in [4.69, 9.17) is 0 Å². The SMILES string of the molecule is Cc1cccc(NCCC(=O)NCc2cccnc2)c1C. The molecular formula is C17H21N3O. The molecular weight excluding hydrogens is 262 g/mol. The van der Waals surface area contributed by atoms with Crippen molar-refractivity contribution in [1.82, 2.24) is 10.3 Å². The van der Waals surface area contributed by atoms with Crippen molar-refractivity contribution in [1.29, 1.82) is 0 Å². The number of anilines is 1.